The summed E-state index contributed by atoms with van der Waals surface area (Å²) in [4.78, 5) is 17.5. The summed E-state index contributed by atoms with van der Waals surface area (Å²) in [5.74, 6) is 0.333. The van der Waals surface area contributed by atoms with Gasteiger partial charge < -0.3 is 19.2 Å². The first-order valence-electron chi connectivity index (χ1n) is 4.68. The molecule has 0 saturated carbocycles. The molecule has 0 aromatic carbocycles. The van der Waals surface area contributed by atoms with E-state index in [4.69, 9.17) is 14.2 Å². The van der Waals surface area contributed by atoms with E-state index < -0.39 is 0 Å². The van der Waals surface area contributed by atoms with Gasteiger partial charge in [0.25, 0.3) is 5.56 Å². The molecule has 1 heterocycles. The monoisotopic (exact) mass is 340 g/mol. The van der Waals surface area contributed by atoms with Crippen molar-refractivity contribution >= 4 is 22.6 Å². The summed E-state index contributed by atoms with van der Waals surface area (Å²) in [5.41, 5.74) is -0.203. The number of hydrogen-bond acceptors (Lipinski definition) is 5. The number of nitrogens with one attached hydrogen (secondary N) is 1. The number of aromatic nitrogens is 2. The zero-order chi connectivity index (χ0) is 11.8. The molecule has 0 saturated heterocycles. The molecule has 0 amide bonds. The third-order valence-corrected chi connectivity index (χ3v) is 2.61. The maximum atomic E-state index is 11.2. The molecule has 0 aliphatic rings. The minimum absolute atomic E-state index is 0.203. The van der Waals surface area contributed by atoms with Gasteiger partial charge >= 0.3 is 0 Å². The highest BCUT2D eigenvalue weighted by Gasteiger charge is 2.05. The van der Waals surface area contributed by atoms with Crippen molar-refractivity contribution in [2.75, 3.05) is 33.5 Å². The Morgan fingerprint density at radius 3 is 2.88 bits per heavy atom. The average Bonchev–Trinajstić information content (AvgIpc) is 2.29. The van der Waals surface area contributed by atoms with E-state index in [1.54, 1.807) is 7.11 Å². The van der Waals surface area contributed by atoms with Gasteiger partial charge in [-0.3, -0.25) is 4.79 Å². The van der Waals surface area contributed by atoms with Crippen LogP contribution in [0.25, 0.3) is 0 Å². The van der Waals surface area contributed by atoms with Gasteiger partial charge in [0.05, 0.1) is 26.1 Å². The topological polar surface area (TPSA) is 73.4 Å². The second-order valence-electron chi connectivity index (χ2n) is 2.80. The molecule has 0 unspecified atom stereocenters. The average molecular weight is 340 g/mol. The summed E-state index contributed by atoms with van der Waals surface area (Å²) in [6.07, 6.45) is 1.31. The number of nitrogens with zero attached hydrogens (tertiary/aromatic N) is 1. The van der Waals surface area contributed by atoms with E-state index in [9.17, 15) is 4.79 Å². The van der Waals surface area contributed by atoms with Crippen molar-refractivity contribution in [1.82, 2.24) is 9.97 Å². The van der Waals surface area contributed by atoms with Crippen molar-refractivity contribution in [3.05, 3.63) is 20.3 Å². The maximum absolute atomic E-state index is 11.2. The van der Waals surface area contributed by atoms with Gasteiger partial charge in [0.15, 0.2) is 0 Å². The summed E-state index contributed by atoms with van der Waals surface area (Å²) in [6, 6.07) is 0. The minimum atomic E-state index is -0.203. The third kappa shape index (κ3) is 4.45. The van der Waals surface area contributed by atoms with Gasteiger partial charge in [-0.15, -0.1) is 0 Å². The van der Waals surface area contributed by atoms with Crippen molar-refractivity contribution in [2.45, 2.75) is 0 Å². The zero-order valence-corrected chi connectivity index (χ0v) is 11.0. The molecule has 0 bridgehead atoms. The van der Waals surface area contributed by atoms with E-state index >= 15 is 0 Å². The highest BCUT2D eigenvalue weighted by atomic mass is 127. The van der Waals surface area contributed by atoms with Crippen molar-refractivity contribution < 1.29 is 14.2 Å². The number of H-pyrrole nitrogens is 1. The molecule has 0 aliphatic heterocycles. The van der Waals surface area contributed by atoms with Crippen LogP contribution >= 0.6 is 22.6 Å². The summed E-state index contributed by atoms with van der Waals surface area (Å²) in [5, 5.41) is 0. The van der Waals surface area contributed by atoms with Crippen LogP contribution in [0, 0.1) is 3.57 Å². The SMILES string of the molecule is COCCOCCOc1nc[nH]c(=O)c1I. The molecule has 1 rings (SSSR count). The van der Waals surface area contributed by atoms with Crippen LogP contribution in [0.1, 0.15) is 0 Å². The summed E-state index contributed by atoms with van der Waals surface area (Å²) < 4.78 is 15.8. The molecule has 0 atom stereocenters. The predicted octanol–water partition coefficient (Wildman–Crippen LogP) is 0.416. The molecule has 0 radical (unpaired) electrons. The lowest BCUT2D eigenvalue weighted by molar-refractivity contribution is 0.0535. The van der Waals surface area contributed by atoms with E-state index in [0.29, 0.717) is 35.9 Å². The molecule has 6 nitrogen and oxygen atoms in total. The van der Waals surface area contributed by atoms with Gasteiger partial charge in [-0.25, -0.2) is 4.98 Å². The van der Waals surface area contributed by atoms with Gasteiger partial charge in [-0.2, -0.15) is 0 Å². The zero-order valence-electron chi connectivity index (χ0n) is 8.86. The fourth-order valence-electron chi connectivity index (χ4n) is 0.909. The largest absolute Gasteiger partial charge is 0.474 e. The molecule has 0 fully saturated rings. The Morgan fingerprint density at radius 2 is 2.12 bits per heavy atom. The Hall–Kier alpha value is -0.670. The molecular weight excluding hydrogens is 327 g/mol. The summed E-state index contributed by atoms with van der Waals surface area (Å²) >= 11 is 1.89. The minimum Gasteiger partial charge on any atom is -0.474 e. The van der Waals surface area contributed by atoms with Crippen LogP contribution in [-0.4, -0.2) is 43.5 Å². The molecule has 1 aromatic heterocycles. The molecular formula is C9H13IN2O4. The first-order valence-corrected chi connectivity index (χ1v) is 5.76. The standard InChI is InChI=1S/C9H13IN2O4/c1-14-2-3-15-4-5-16-9-7(10)8(13)11-6-12-9/h6H,2-5H2,1H3,(H,11,12,13). The van der Waals surface area contributed by atoms with Gasteiger partial charge in [-0.05, 0) is 22.6 Å². The van der Waals surface area contributed by atoms with Crippen LogP contribution < -0.4 is 10.3 Å². The van der Waals surface area contributed by atoms with Gasteiger partial charge in [0, 0.05) is 7.11 Å². The van der Waals surface area contributed by atoms with E-state index in [0.717, 1.165) is 0 Å². The number of ether oxygens (including phenoxy) is 3. The highest BCUT2D eigenvalue weighted by Crippen LogP contribution is 2.10. The second-order valence-corrected chi connectivity index (χ2v) is 3.88. The molecule has 0 aliphatic carbocycles. The lowest BCUT2D eigenvalue weighted by Crippen LogP contribution is -2.15. The van der Waals surface area contributed by atoms with Crippen LogP contribution in [0.5, 0.6) is 5.88 Å². The maximum Gasteiger partial charge on any atom is 0.268 e. The Bertz CT molecular complexity index is 369. The summed E-state index contributed by atoms with van der Waals surface area (Å²) in [6.45, 7) is 1.88. The van der Waals surface area contributed by atoms with E-state index in [2.05, 4.69) is 9.97 Å². The van der Waals surface area contributed by atoms with Crippen LogP contribution in [0.4, 0.5) is 0 Å². The van der Waals surface area contributed by atoms with Crippen molar-refractivity contribution in [3.8, 4) is 5.88 Å². The lowest BCUT2D eigenvalue weighted by Gasteiger charge is -2.06. The lowest BCUT2D eigenvalue weighted by atomic mass is 10.6. The predicted molar refractivity (Wildman–Crippen MR) is 65.8 cm³/mol. The second kappa shape index (κ2) is 7.58. The number of aromatic amines is 1. The highest BCUT2D eigenvalue weighted by molar-refractivity contribution is 14.1. The molecule has 7 heteroatoms. The Balaban J connectivity index is 2.27. The van der Waals surface area contributed by atoms with Gasteiger partial charge in [0.1, 0.15) is 10.2 Å². The quantitative estimate of drug-likeness (QED) is 0.575. The molecule has 0 spiro atoms. The van der Waals surface area contributed by atoms with Crippen molar-refractivity contribution in [1.29, 1.82) is 0 Å². The number of methoxy groups -OCH3 is 1. The number of rotatable bonds is 7. The van der Waals surface area contributed by atoms with Crippen LogP contribution in [0.15, 0.2) is 11.1 Å². The molecule has 1 N–H and O–H groups in total. The number of hydrogen-bond donors (Lipinski definition) is 1. The number of halogens is 1. The van der Waals surface area contributed by atoms with Crippen LogP contribution in [0.2, 0.25) is 0 Å². The Morgan fingerprint density at radius 1 is 1.38 bits per heavy atom. The summed E-state index contributed by atoms with van der Waals surface area (Å²) in [7, 11) is 1.61. The Labute approximate surface area is 106 Å². The molecule has 1 aromatic rings. The first kappa shape index (κ1) is 13.4. The van der Waals surface area contributed by atoms with Gasteiger partial charge in [-0.1, -0.05) is 0 Å². The third-order valence-electron chi connectivity index (χ3n) is 1.66. The van der Waals surface area contributed by atoms with E-state index in [1.807, 2.05) is 22.6 Å². The fraction of sp³-hybridized carbons (Fsp3) is 0.556. The molecule has 90 valence electrons. The van der Waals surface area contributed by atoms with E-state index in [1.165, 1.54) is 6.33 Å². The smallest absolute Gasteiger partial charge is 0.268 e. The fourth-order valence-corrected chi connectivity index (χ4v) is 1.36. The first-order chi connectivity index (χ1) is 7.75. The van der Waals surface area contributed by atoms with Crippen LogP contribution in [-0.2, 0) is 9.47 Å². The molecule has 16 heavy (non-hydrogen) atoms. The van der Waals surface area contributed by atoms with Crippen LogP contribution in [0.3, 0.4) is 0 Å². The van der Waals surface area contributed by atoms with Crippen molar-refractivity contribution in [3.63, 3.8) is 0 Å². The van der Waals surface area contributed by atoms with Gasteiger partial charge in [0.2, 0.25) is 5.88 Å². The normalized spacial score (nSPS) is 10.4. The van der Waals surface area contributed by atoms with E-state index in [-0.39, 0.29) is 5.56 Å². The van der Waals surface area contributed by atoms with Crippen molar-refractivity contribution in [2.24, 2.45) is 0 Å². The Kier molecular flexibility index (Phi) is 6.34.